The zero-order chi connectivity index (χ0) is 12.4. The molecule has 2 aromatic heterocycles. The first kappa shape index (κ1) is 11.3. The monoisotopic (exact) mass is 255 g/mol. The second-order valence-corrected chi connectivity index (χ2v) is 3.37. The maximum atomic E-state index is 10.5. The van der Waals surface area contributed by atoms with E-state index in [1.807, 2.05) is 0 Å². The van der Waals surface area contributed by atoms with Crippen LogP contribution in [0.5, 0.6) is 5.88 Å². The summed E-state index contributed by atoms with van der Waals surface area (Å²) < 4.78 is 6.11. The topological polar surface area (TPSA) is 96.0 Å². The second-order valence-electron chi connectivity index (χ2n) is 2.96. The van der Waals surface area contributed by atoms with Crippen LogP contribution in [0.3, 0.4) is 0 Å². The molecule has 0 atom stereocenters. The molecule has 0 saturated heterocycles. The number of nitrogens with zero attached hydrogens (tertiary/aromatic N) is 5. The Bertz CT molecular complexity index is 570. The fourth-order valence-electron chi connectivity index (χ4n) is 1.13. The zero-order valence-corrected chi connectivity index (χ0v) is 9.33. The Morgan fingerprint density at radius 2 is 2.35 bits per heavy atom. The molecule has 0 radical (unpaired) electrons. The molecular weight excluding hydrogens is 250 g/mol. The molecule has 0 saturated carbocycles. The van der Waals surface area contributed by atoms with E-state index in [0.29, 0.717) is 5.88 Å². The van der Waals surface area contributed by atoms with Crippen molar-refractivity contribution < 1.29 is 9.66 Å². The van der Waals surface area contributed by atoms with Crippen LogP contribution >= 0.6 is 11.6 Å². The summed E-state index contributed by atoms with van der Waals surface area (Å²) in [4.78, 5) is 13.8. The van der Waals surface area contributed by atoms with Crippen LogP contribution in [0.15, 0.2) is 18.5 Å². The predicted octanol–water partition coefficient (Wildman–Crippen LogP) is 1.23. The van der Waals surface area contributed by atoms with E-state index in [4.69, 9.17) is 16.3 Å². The molecule has 0 N–H and O–H groups in total. The number of methoxy groups -OCH3 is 1. The largest absolute Gasteiger partial charge is 0.479 e. The molecule has 17 heavy (non-hydrogen) atoms. The SMILES string of the molecule is COc1cn(-c2ncc([N+](=O)[O-])cc2Cl)nn1. The van der Waals surface area contributed by atoms with Crippen molar-refractivity contribution in [3.05, 3.63) is 33.6 Å². The van der Waals surface area contributed by atoms with Gasteiger partial charge in [-0.15, -0.1) is 0 Å². The molecule has 2 aromatic rings. The van der Waals surface area contributed by atoms with Gasteiger partial charge in [0.1, 0.15) is 6.20 Å². The molecule has 9 heteroatoms. The highest BCUT2D eigenvalue weighted by molar-refractivity contribution is 6.32. The minimum absolute atomic E-state index is 0.103. The molecule has 0 fully saturated rings. The van der Waals surface area contributed by atoms with Gasteiger partial charge in [-0.3, -0.25) is 10.1 Å². The maximum absolute atomic E-state index is 10.5. The molecule has 0 aliphatic carbocycles. The third kappa shape index (κ3) is 2.16. The van der Waals surface area contributed by atoms with Crippen LogP contribution in [0.1, 0.15) is 0 Å². The summed E-state index contributed by atoms with van der Waals surface area (Å²) in [5, 5.41) is 18.0. The van der Waals surface area contributed by atoms with E-state index in [-0.39, 0.29) is 16.5 Å². The first-order valence-electron chi connectivity index (χ1n) is 4.38. The third-order valence-corrected chi connectivity index (χ3v) is 2.19. The fraction of sp³-hybridized carbons (Fsp3) is 0.125. The Labute approximate surface area is 99.9 Å². The van der Waals surface area contributed by atoms with E-state index in [0.717, 1.165) is 6.20 Å². The molecule has 2 heterocycles. The van der Waals surface area contributed by atoms with Crippen LogP contribution in [-0.2, 0) is 0 Å². The van der Waals surface area contributed by atoms with E-state index < -0.39 is 4.92 Å². The lowest BCUT2D eigenvalue weighted by atomic mass is 10.4. The van der Waals surface area contributed by atoms with E-state index in [2.05, 4.69) is 15.3 Å². The molecular formula is C8H6ClN5O3. The average molecular weight is 256 g/mol. The Morgan fingerprint density at radius 3 is 2.88 bits per heavy atom. The van der Waals surface area contributed by atoms with E-state index in [1.165, 1.54) is 24.1 Å². The average Bonchev–Trinajstić information content (AvgIpc) is 2.77. The van der Waals surface area contributed by atoms with Gasteiger partial charge in [-0.1, -0.05) is 21.9 Å². The summed E-state index contributed by atoms with van der Waals surface area (Å²) in [6, 6.07) is 1.19. The first-order chi connectivity index (χ1) is 8.11. The Morgan fingerprint density at radius 1 is 1.59 bits per heavy atom. The molecule has 88 valence electrons. The number of hydrogen-bond donors (Lipinski definition) is 0. The van der Waals surface area contributed by atoms with Gasteiger partial charge in [0, 0.05) is 6.07 Å². The minimum atomic E-state index is -0.579. The van der Waals surface area contributed by atoms with Crippen molar-refractivity contribution in [1.82, 2.24) is 20.0 Å². The molecule has 0 spiro atoms. The van der Waals surface area contributed by atoms with Gasteiger partial charge in [0.15, 0.2) is 5.82 Å². The van der Waals surface area contributed by atoms with Crippen molar-refractivity contribution in [3.8, 4) is 11.7 Å². The van der Waals surface area contributed by atoms with Crippen LogP contribution in [0.2, 0.25) is 5.02 Å². The lowest BCUT2D eigenvalue weighted by molar-refractivity contribution is -0.385. The van der Waals surface area contributed by atoms with Gasteiger partial charge in [0.05, 0.1) is 23.3 Å². The molecule has 0 amide bonds. The predicted molar refractivity (Wildman–Crippen MR) is 57.4 cm³/mol. The minimum Gasteiger partial charge on any atom is -0.479 e. The van der Waals surface area contributed by atoms with Crippen molar-refractivity contribution in [3.63, 3.8) is 0 Å². The van der Waals surface area contributed by atoms with E-state index in [1.54, 1.807) is 0 Å². The normalized spacial score (nSPS) is 10.2. The van der Waals surface area contributed by atoms with Gasteiger partial charge in [-0.2, -0.15) is 4.68 Å². The first-order valence-corrected chi connectivity index (χ1v) is 4.76. The zero-order valence-electron chi connectivity index (χ0n) is 8.57. The van der Waals surface area contributed by atoms with E-state index in [9.17, 15) is 10.1 Å². The van der Waals surface area contributed by atoms with Gasteiger partial charge < -0.3 is 4.74 Å². The number of halogens is 1. The third-order valence-electron chi connectivity index (χ3n) is 1.92. The van der Waals surface area contributed by atoms with Gasteiger partial charge in [-0.25, -0.2) is 4.98 Å². The molecule has 2 rings (SSSR count). The lowest BCUT2D eigenvalue weighted by Gasteiger charge is -2.00. The molecule has 0 aliphatic rings. The Kier molecular flexibility index (Phi) is 2.88. The van der Waals surface area contributed by atoms with Crippen LogP contribution in [0, 0.1) is 10.1 Å². The summed E-state index contributed by atoms with van der Waals surface area (Å²) in [6.07, 6.45) is 2.55. The number of pyridine rings is 1. The number of aromatic nitrogens is 4. The van der Waals surface area contributed by atoms with Crippen molar-refractivity contribution in [1.29, 1.82) is 0 Å². The number of rotatable bonds is 3. The number of ether oxygens (including phenoxy) is 1. The van der Waals surface area contributed by atoms with Crippen molar-refractivity contribution in [2.75, 3.05) is 7.11 Å². The van der Waals surface area contributed by atoms with Crippen molar-refractivity contribution >= 4 is 17.3 Å². The highest BCUT2D eigenvalue weighted by Crippen LogP contribution is 2.22. The highest BCUT2D eigenvalue weighted by Gasteiger charge is 2.13. The molecule has 0 aromatic carbocycles. The quantitative estimate of drug-likeness (QED) is 0.604. The molecule has 8 nitrogen and oxygen atoms in total. The van der Waals surface area contributed by atoms with Gasteiger partial charge in [0.2, 0.25) is 0 Å². The standard InChI is InChI=1S/C8H6ClN5O3/c1-17-7-4-13(12-11-7)8-6(9)2-5(3-10-8)14(15)16/h2-4H,1H3. The second kappa shape index (κ2) is 4.34. The summed E-state index contributed by atoms with van der Waals surface area (Å²) >= 11 is 5.86. The van der Waals surface area contributed by atoms with Crippen LogP contribution in [0.25, 0.3) is 5.82 Å². The van der Waals surface area contributed by atoms with E-state index >= 15 is 0 Å². The lowest BCUT2D eigenvalue weighted by Crippen LogP contribution is -2.00. The summed E-state index contributed by atoms with van der Waals surface area (Å²) in [6.45, 7) is 0. The maximum Gasteiger partial charge on any atom is 0.289 e. The highest BCUT2D eigenvalue weighted by atomic mass is 35.5. The molecule has 0 bridgehead atoms. The Balaban J connectivity index is 2.42. The Hall–Kier alpha value is -2.22. The van der Waals surface area contributed by atoms with Crippen LogP contribution < -0.4 is 4.74 Å². The fourth-order valence-corrected chi connectivity index (χ4v) is 1.38. The smallest absolute Gasteiger partial charge is 0.289 e. The van der Waals surface area contributed by atoms with Gasteiger partial charge in [0.25, 0.3) is 11.6 Å². The van der Waals surface area contributed by atoms with Crippen molar-refractivity contribution in [2.45, 2.75) is 0 Å². The number of hydrogen-bond acceptors (Lipinski definition) is 6. The van der Waals surface area contributed by atoms with Gasteiger partial charge in [-0.05, 0) is 0 Å². The summed E-state index contributed by atoms with van der Waals surface area (Å²) in [7, 11) is 1.44. The van der Waals surface area contributed by atoms with Crippen LogP contribution in [-0.4, -0.2) is 32.0 Å². The summed E-state index contributed by atoms with van der Waals surface area (Å²) in [5.74, 6) is 0.536. The number of nitro groups is 1. The molecule has 0 unspecified atom stereocenters. The van der Waals surface area contributed by atoms with Gasteiger partial charge >= 0.3 is 0 Å². The van der Waals surface area contributed by atoms with Crippen molar-refractivity contribution in [2.24, 2.45) is 0 Å². The van der Waals surface area contributed by atoms with Crippen LogP contribution in [0.4, 0.5) is 5.69 Å². The molecule has 0 aliphatic heterocycles. The summed E-state index contributed by atoms with van der Waals surface area (Å²) in [5.41, 5.74) is -0.189.